The third-order valence-corrected chi connectivity index (χ3v) is 4.12. The van der Waals surface area contributed by atoms with Crippen LogP contribution in [-0.4, -0.2) is 45.2 Å². The fourth-order valence-corrected chi connectivity index (χ4v) is 2.72. The zero-order chi connectivity index (χ0) is 19.6. The van der Waals surface area contributed by atoms with Gasteiger partial charge in [-0.25, -0.2) is 9.98 Å². The lowest BCUT2D eigenvalue weighted by atomic mass is 10.1. The van der Waals surface area contributed by atoms with Crippen LogP contribution in [0.25, 0.3) is 0 Å². The number of hydrogen-bond donors (Lipinski definition) is 2. The Hall–Kier alpha value is -2.76. The van der Waals surface area contributed by atoms with Crippen molar-refractivity contribution in [3.63, 3.8) is 0 Å². The van der Waals surface area contributed by atoms with Crippen molar-refractivity contribution in [2.75, 3.05) is 39.2 Å². The molecule has 146 valence electrons. The topological polar surface area (TPSA) is 61.8 Å². The van der Waals surface area contributed by atoms with E-state index in [0.717, 1.165) is 42.7 Å². The standard InChI is InChI=1S/C21H31N5O/c1-6-22-21(24-15-18-8-7-9-20(25-18)26(3)4)23-13-12-17-14-16(2)10-11-19(17)27-5/h7-11,14H,6,12-13,15H2,1-5H3,(H2,22,23,24). The van der Waals surface area contributed by atoms with Crippen LogP contribution in [0.5, 0.6) is 5.75 Å². The van der Waals surface area contributed by atoms with E-state index < -0.39 is 0 Å². The van der Waals surface area contributed by atoms with Crippen LogP contribution in [0.3, 0.4) is 0 Å². The van der Waals surface area contributed by atoms with Gasteiger partial charge in [0.05, 0.1) is 19.3 Å². The molecule has 0 spiro atoms. The van der Waals surface area contributed by atoms with Gasteiger partial charge in [0.25, 0.3) is 0 Å². The SMILES string of the molecule is CCNC(=NCc1cccc(N(C)C)n1)NCCc1cc(C)ccc1OC. The van der Waals surface area contributed by atoms with Gasteiger partial charge in [-0.1, -0.05) is 23.8 Å². The predicted molar refractivity (Wildman–Crippen MR) is 113 cm³/mol. The number of guanidine groups is 1. The summed E-state index contributed by atoms with van der Waals surface area (Å²) in [6.45, 7) is 6.27. The Balaban J connectivity index is 1.98. The van der Waals surface area contributed by atoms with Gasteiger partial charge >= 0.3 is 0 Å². The number of ether oxygens (including phenoxy) is 1. The average Bonchev–Trinajstić information content (AvgIpc) is 2.66. The molecule has 1 aromatic carbocycles. The van der Waals surface area contributed by atoms with Crippen LogP contribution < -0.4 is 20.3 Å². The molecule has 0 radical (unpaired) electrons. The van der Waals surface area contributed by atoms with Crippen molar-refractivity contribution in [2.24, 2.45) is 4.99 Å². The molecule has 0 aliphatic heterocycles. The Morgan fingerprint density at radius 2 is 2.00 bits per heavy atom. The fraction of sp³-hybridized carbons (Fsp3) is 0.429. The summed E-state index contributed by atoms with van der Waals surface area (Å²) in [5, 5.41) is 6.68. The maximum absolute atomic E-state index is 5.46. The number of nitrogens with one attached hydrogen (secondary N) is 2. The molecule has 2 N–H and O–H groups in total. The quantitative estimate of drug-likeness (QED) is 0.553. The van der Waals surface area contributed by atoms with Crippen LogP contribution >= 0.6 is 0 Å². The summed E-state index contributed by atoms with van der Waals surface area (Å²) < 4.78 is 5.46. The van der Waals surface area contributed by atoms with Crippen molar-refractivity contribution in [1.82, 2.24) is 15.6 Å². The highest BCUT2D eigenvalue weighted by molar-refractivity contribution is 5.79. The molecular weight excluding hydrogens is 338 g/mol. The second-order valence-electron chi connectivity index (χ2n) is 6.57. The second-order valence-corrected chi connectivity index (χ2v) is 6.57. The largest absolute Gasteiger partial charge is 0.496 e. The van der Waals surface area contributed by atoms with Gasteiger partial charge in [0.15, 0.2) is 5.96 Å². The van der Waals surface area contributed by atoms with E-state index in [1.165, 1.54) is 11.1 Å². The van der Waals surface area contributed by atoms with Crippen LogP contribution in [0.2, 0.25) is 0 Å². The van der Waals surface area contributed by atoms with E-state index in [4.69, 9.17) is 4.74 Å². The van der Waals surface area contributed by atoms with E-state index in [1.807, 2.05) is 43.3 Å². The lowest BCUT2D eigenvalue weighted by Crippen LogP contribution is -2.38. The number of aryl methyl sites for hydroxylation is 1. The second kappa shape index (κ2) is 10.4. The van der Waals surface area contributed by atoms with E-state index in [9.17, 15) is 0 Å². The summed E-state index contributed by atoms with van der Waals surface area (Å²) >= 11 is 0. The van der Waals surface area contributed by atoms with E-state index in [1.54, 1.807) is 7.11 Å². The minimum absolute atomic E-state index is 0.533. The molecule has 2 rings (SSSR count). The predicted octanol–water partition coefficient (Wildman–Crippen LogP) is 2.76. The molecular formula is C21H31N5O. The normalized spacial score (nSPS) is 11.2. The number of anilines is 1. The van der Waals surface area contributed by atoms with Gasteiger partial charge in [0.1, 0.15) is 11.6 Å². The summed E-state index contributed by atoms with van der Waals surface area (Å²) in [4.78, 5) is 11.3. The molecule has 1 aromatic heterocycles. The lowest BCUT2D eigenvalue weighted by Gasteiger charge is -2.14. The molecule has 6 heteroatoms. The van der Waals surface area contributed by atoms with Crippen molar-refractivity contribution in [3.05, 3.63) is 53.2 Å². The first-order valence-electron chi connectivity index (χ1n) is 9.32. The summed E-state index contributed by atoms with van der Waals surface area (Å²) in [7, 11) is 5.68. The molecule has 2 aromatic rings. The number of rotatable bonds is 8. The van der Waals surface area contributed by atoms with Crippen LogP contribution in [0, 0.1) is 6.92 Å². The molecule has 6 nitrogen and oxygen atoms in total. The Kier molecular flexibility index (Phi) is 7.92. The highest BCUT2D eigenvalue weighted by Gasteiger charge is 2.05. The molecule has 0 unspecified atom stereocenters. The van der Waals surface area contributed by atoms with Gasteiger partial charge in [-0.15, -0.1) is 0 Å². The number of benzene rings is 1. The van der Waals surface area contributed by atoms with E-state index in [0.29, 0.717) is 6.54 Å². The molecule has 1 heterocycles. The lowest BCUT2D eigenvalue weighted by molar-refractivity contribution is 0.409. The van der Waals surface area contributed by atoms with Crippen molar-refractivity contribution >= 4 is 11.8 Å². The summed E-state index contributed by atoms with van der Waals surface area (Å²) in [5.41, 5.74) is 3.37. The molecule has 0 amide bonds. The maximum atomic E-state index is 5.46. The number of hydrogen-bond acceptors (Lipinski definition) is 4. The van der Waals surface area contributed by atoms with Gasteiger partial charge in [0, 0.05) is 27.2 Å². The van der Waals surface area contributed by atoms with E-state index in [-0.39, 0.29) is 0 Å². The molecule has 0 bridgehead atoms. The van der Waals surface area contributed by atoms with Crippen molar-refractivity contribution in [2.45, 2.75) is 26.8 Å². The zero-order valence-electron chi connectivity index (χ0n) is 17.0. The Morgan fingerprint density at radius 1 is 1.19 bits per heavy atom. The Bertz CT molecular complexity index is 758. The molecule has 0 fully saturated rings. The molecule has 0 saturated heterocycles. The third-order valence-electron chi connectivity index (χ3n) is 4.12. The molecule has 0 saturated carbocycles. The summed E-state index contributed by atoms with van der Waals surface area (Å²) in [5.74, 6) is 2.66. The number of aliphatic imine (C=N–C) groups is 1. The number of aromatic nitrogens is 1. The van der Waals surface area contributed by atoms with Crippen molar-refractivity contribution in [1.29, 1.82) is 0 Å². The first-order valence-corrected chi connectivity index (χ1v) is 9.32. The van der Waals surface area contributed by atoms with E-state index >= 15 is 0 Å². The number of methoxy groups -OCH3 is 1. The maximum Gasteiger partial charge on any atom is 0.191 e. The fourth-order valence-electron chi connectivity index (χ4n) is 2.72. The molecule has 0 aliphatic rings. The van der Waals surface area contributed by atoms with E-state index in [2.05, 4.69) is 46.6 Å². The molecule has 27 heavy (non-hydrogen) atoms. The average molecular weight is 370 g/mol. The van der Waals surface area contributed by atoms with Gasteiger partial charge in [-0.3, -0.25) is 0 Å². The third kappa shape index (κ3) is 6.47. The summed E-state index contributed by atoms with van der Waals surface area (Å²) in [6, 6.07) is 12.3. The van der Waals surface area contributed by atoms with Gasteiger partial charge in [-0.05, 0) is 44.0 Å². The van der Waals surface area contributed by atoms with Crippen molar-refractivity contribution < 1.29 is 4.74 Å². The van der Waals surface area contributed by atoms with Crippen molar-refractivity contribution in [3.8, 4) is 5.75 Å². The molecule has 0 aliphatic carbocycles. The smallest absolute Gasteiger partial charge is 0.191 e. The van der Waals surface area contributed by atoms with Gasteiger partial charge in [0.2, 0.25) is 0 Å². The highest BCUT2D eigenvalue weighted by atomic mass is 16.5. The first-order chi connectivity index (χ1) is 13.0. The number of pyridine rings is 1. The first kappa shape index (κ1) is 20.6. The molecule has 0 atom stereocenters. The van der Waals surface area contributed by atoms with Crippen LogP contribution in [0.15, 0.2) is 41.4 Å². The highest BCUT2D eigenvalue weighted by Crippen LogP contribution is 2.19. The number of nitrogens with zero attached hydrogens (tertiary/aromatic N) is 3. The Labute approximate surface area is 162 Å². The van der Waals surface area contributed by atoms with Crippen LogP contribution in [-0.2, 0) is 13.0 Å². The monoisotopic (exact) mass is 369 g/mol. The summed E-state index contributed by atoms with van der Waals surface area (Å²) in [6.07, 6.45) is 0.865. The zero-order valence-corrected chi connectivity index (χ0v) is 17.0. The van der Waals surface area contributed by atoms with Crippen LogP contribution in [0.4, 0.5) is 5.82 Å². The van der Waals surface area contributed by atoms with Crippen LogP contribution in [0.1, 0.15) is 23.7 Å². The minimum Gasteiger partial charge on any atom is -0.496 e. The van der Waals surface area contributed by atoms with Gasteiger partial charge in [-0.2, -0.15) is 0 Å². The Morgan fingerprint density at radius 3 is 2.70 bits per heavy atom. The van der Waals surface area contributed by atoms with Gasteiger partial charge < -0.3 is 20.3 Å². The minimum atomic E-state index is 0.533.